The standard InChI is InChI=1S/C51H87O13P/c1-3-5-7-9-11-13-15-17-19-21-22-24-26-28-30-32-34-36-38-40-45(53)63-43(42-62-65(59,60)64-51-49(57)47(55)46(54)48(56)50(51)58)41-61-44(52)39-37-35-33-31-29-27-25-23-20-18-16-14-12-10-8-6-4-2/h5,7,11,13,17,19,22,24,28,30,34,36,43,46-51,54-58H,3-4,6,8-10,12,14-16,18,20-21,23,25-27,29,31-33,35,37-42H2,1-2H3,(H,59,60)/b7-5-,13-11-,19-17-,24-22-,30-28-,36-34-/t43-,46?,47-,48?,49?,50?,51?/m1/s1. The number of carbonyl (C=O) groups is 2. The van der Waals surface area contributed by atoms with Crippen molar-refractivity contribution in [2.24, 2.45) is 0 Å². The molecule has 0 heterocycles. The molecule has 1 rings (SSSR count). The van der Waals surface area contributed by atoms with Crippen molar-refractivity contribution in [3.63, 3.8) is 0 Å². The predicted molar refractivity (Wildman–Crippen MR) is 258 cm³/mol. The largest absolute Gasteiger partial charge is 0.472 e. The van der Waals surface area contributed by atoms with E-state index in [1.54, 1.807) is 0 Å². The van der Waals surface area contributed by atoms with Crippen molar-refractivity contribution < 1.29 is 63.1 Å². The molecule has 0 aliphatic heterocycles. The van der Waals surface area contributed by atoms with Gasteiger partial charge in [-0.1, -0.05) is 189 Å². The number of unbranched alkanes of at least 4 members (excludes halogenated alkanes) is 16. The molecule has 8 atom stereocenters. The van der Waals surface area contributed by atoms with Crippen LogP contribution in [-0.2, 0) is 32.7 Å². The van der Waals surface area contributed by atoms with E-state index in [4.69, 9.17) is 18.5 Å². The first kappa shape index (κ1) is 60.3. The van der Waals surface area contributed by atoms with Gasteiger partial charge >= 0.3 is 19.8 Å². The van der Waals surface area contributed by atoms with Crippen LogP contribution in [0.4, 0.5) is 0 Å². The number of allylic oxidation sites excluding steroid dienone is 12. The van der Waals surface area contributed by atoms with Crippen LogP contribution in [0.25, 0.3) is 0 Å². The minimum absolute atomic E-state index is 0.0300. The van der Waals surface area contributed by atoms with Gasteiger partial charge in [0.05, 0.1) is 6.61 Å². The third-order valence-corrected chi connectivity index (χ3v) is 12.1. The number of hydrogen-bond acceptors (Lipinski definition) is 12. The second kappa shape index (κ2) is 40.4. The summed E-state index contributed by atoms with van der Waals surface area (Å²) in [5, 5.41) is 50.2. The molecule has 0 spiro atoms. The molecule has 13 nitrogen and oxygen atoms in total. The van der Waals surface area contributed by atoms with Crippen LogP contribution in [0.3, 0.4) is 0 Å². The Morgan fingerprint density at radius 2 is 0.877 bits per heavy atom. The summed E-state index contributed by atoms with van der Waals surface area (Å²) in [6.45, 7) is 3.14. The number of carbonyl (C=O) groups excluding carboxylic acids is 2. The molecule has 0 saturated heterocycles. The van der Waals surface area contributed by atoms with E-state index < -0.39 is 75.7 Å². The zero-order valence-electron chi connectivity index (χ0n) is 39.8. The molecule has 6 unspecified atom stereocenters. The highest BCUT2D eigenvalue weighted by Gasteiger charge is 2.51. The minimum atomic E-state index is -5.14. The molecule has 6 N–H and O–H groups in total. The molecule has 0 aromatic heterocycles. The predicted octanol–water partition coefficient (Wildman–Crippen LogP) is 10.3. The van der Waals surface area contributed by atoms with Crippen molar-refractivity contribution in [2.75, 3.05) is 13.2 Å². The first-order valence-electron chi connectivity index (χ1n) is 24.7. The van der Waals surface area contributed by atoms with Crippen molar-refractivity contribution in [2.45, 2.75) is 224 Å². The Morgan fingerprint density at radius 1 is 0.492 bits per heavy atom. The van der Waals surface area contributed by atoms with Gasteiger partial charge in [-0.2, -0.15) is 0 Å². The average molecular weight is 939 g/mol. The Hall–Kier alpha value is -2.71. The normalized spacial score (nSPS) is 22.0. The van der Waals surface area contributed by atoms with E-state index in [2.05, 4.69) is 68.5 Å². The molecule has 0 aromatic carbocycles. The molecule has 1 saturated carbocycles. The van der Waals surface area contributed by atoms with Crippen LogP contribution in [0.2, 0.25) is 0 Å². The molecular weight excluding hydrogens is 852 g/mol. The van der Waals surface area contributed by atoms with Crippen LogP contribution in [0.1, 0.15) is 181 Å². The molecule has 1 aliphatic rings. The van der Waals surface area contributed by atoms with Gasteiger partial charge < -0.3 is 39.9 Å². The quantitative estimate of drug-likeness (QED) is 0.0146. The Labute approximate surface area is 391 Å². The molecule has 14 heteroatoms. The number of aliphatic hydroxyl groups excluding tert-OH is 5. The molecular formula is C51H87O13P. The lowest BCUT2D eigenvalue weighted by molar-refractivity contribution is -0.220. The zero-order valence-corrected chi connectivity index (χ0v) is 40.7. The zero-order chi connectivity index (χ0) is 47.8. The minimum Gasteiger partial charge on any atom is -0.462 e. The number of ether oxygens (including phenoxy) is 2. The van der Waals surface area contributed by atoms with E-state index in [1.807, 2.05) is 18.2 Å². The van der Waals surface area contributed by atoms with E-state index in [9.17, 15) is 44.6 Å². The summed E-state index contributed by atoms with van der Waals surface area (Å²) in [6, 6.07) is 0. The molecule has 65 heavy (non-hydrogen) atoms. The monoisotopic (exact) mass is 939 g/mol. The van der Waals surface area contributed by atoms with E-state index in [0.29, 0.717) is 19.3 Å². The molecule has 0 radical (unpaired) electrons. The second-order valence-electron chi connectivity index (χ2n) is 16.9. The maximum atomic E-state index is 12.8. The van der Waals surface area contributed by atoms with Crippen LogP contribution in [-0.4, -0.2) is 98.3 Å². The summed E-state index contributed by atoms with van der Waals surface area (Å²) in [6.07, 6.45) is 38.2. The first-order chi connectivity index (χ1) is 31.4. The Balaban J connectivity index is 2.48. The lowest BCUT2D eigenvalue weighted by atomic mass is 9.85. The van der Waals surface area contributed by atoms with E-state index in [1.165, 1.54) is 83.5 Å². The van der Waals surface area contributed by atoms with Crippen LogP contribution < -0.4 is 0 Å². The topological polar surface area (TPSA) is 210 Å². The smallest absolute Gasteiger partial charge is 0.462 e. The van der Waals surface area contributed by atoms with E-state index in [0.717, 1.165) is 51.4 Å². The van der Waals surface area contributed by atoms with Gasteiger partial charge in [0.2, 0.25) is 0 Å². The molecule has 374 valence electrons. The summed E-state index contributed by atoms with van der Waals surface area (Å²) in [7, 11) is -5.14. The van der Waals surface area contributed by atoms with Gasteiger partial charge in [0.15, 0.2) is 6.10 Å². The third-order valence-electron chi connectivity index (χ3n) is 11.1. The number of rotatable bonds is 40. The van der Waals surface area contributed by atoms with Crippen molar-refractivity contribution >= 4 is 19.8 Å². The summed E-state index contributed by atoms with van der Waals surface area (Å²) in [5.74, 6) is -1.20. The van der Waals surface area contributed by atoms with E-state index >= 15 is 0 Å². The fourth-order valence-corrected chi connectivity index (χ4v) is 8.11. The van der Waals surface area contributed by atoms with E-state index in [-0.39, 0.29) is 12.8 Å². The van der Waals surface area contributed by atoms with Crippen LogP contribution in [0.15, 0.2) is 72.9 Å². The third kappa shape index (κ3) is 32.6. The average Bonchev–Trinajstić information content (AvgIpc) is 3.29. The number of aliphatic hydroxyl groups is 5. The Bertz CT molecular complexity index is 1410. The maximum Gasteiger partial charge on any atom is 0.472 e. The van der Waals surface area contributed by atoms with Gasteiger partial charge in [0.1, 0.15) is 43.2 Å². The van der Waals surface area contributed by atoms with Gasteiger partial charge in [0.25, 0.3) is 0 Å². The van der Waals surface area contributed by atoms with Crippen LogP contribution in [0, 0.1) is 0 Å². The summed E-state index contributed by atoms with van der Waals surface area (Å²) < 4.78 is 33.5. The van der Waals surface area contributed by atoms with Gasteiger partial charge in [0, 0.05) is 12.8 Å². The molecule has 0 bridgehead atoms. The van der Waals surface area contributed by atoms with Gasteiger partial charge in [-0.3, -0.25) is 18.6 Å². The number of hydrogen-bond donors (Lipinski definition) is 6. The molecule has 1 fully saturated rings. The van der Waals surface area contributed by atoms with Gasteiger partial charge in [-0.05, 0) is 51.4 Å². The van der Waals surface area contributed by atoms with Crippen molar-refractivity contribution in [3.8, 4) is 0 Å². The highest BCUT2D eigenvalue weighted by molar-refractivity contribution is 7.47. The highest BCUT2D eigenvalue weighted by Crippen LogP contribution is 2.47. The Kier molecular flexibility index (Phi) is 37.5. The molecule has 0 amide bonds. The second-order valence-corrected chi connectivity index (χ2v) is 18.3. The number of phosphoric ester groups is 1. The Morgan fingerprint density at radius 3 is 1.31 bits per heavy atom. The lowest BCUT2D eigenvalue weighted by Gasteiger charge is -2.41. The summed E-state index contributed by atoms with van der Waals surface area (Å²) >= 11 is 0. The molecule has 1 aliphatic carbocycles. The fraction of sp³-hybridized carbons (Fsp3) is 0.725. The van der Waals surface area contributed by atoms with Crippen LogP contribution in [0.5, 0.6) is 0 Å². The number of esters is 2. The van der Waals surface area contributed by atoms with Crippen LogP contribution >= 0.6 is 7.82 Å². The summed E-state index contributed by atoms with van der Waals surface area (Å²) in [4.78, 5) is 35.7. The SMILES string of the molecule is CC/C=C\C/C=C\C/C=C\C/C=C\C/C=C\C/C=C\CCC(=O)O[C@H](COC(=O)CCCCCCCCCCCCCCCCCCC)COP(=O)(O)OC1C(O)C(O)C(O)[C@@H](O)C1O. The van der Waals surface area contributed by atoms with Gasteiger partial charge in [-0.15, -0.1) is 0 Å². The molecule has 0 aromatic rings. The lowest BCUT2D eigenvalue weighted by Crippen LogP contribution is -2.64. The first-order valence-corrected chi connectivity index (χ1v) is 26.2. The summed E-state index contributed by atoms with van der Waals surface area (Å²) in [5.41, 5.74) is 0. The van der Waals surface area contributed by atoms with Gasteiger partial charge in [-0.25, -0.2) is 4.57 Å². The van der Waals surface area contributed by atoms with Crippen molar-refractivity contribution in [3.05, 3.63) is 72.9 Å². The fourth-order valence-electron chi connectivity index (χ4n) is 7.14. The van der Waals surface area contributed by atoms with Crippen molar-refractivity contribution in [1.82, 2.24) is 0 Å². The highest BCUT2D eigenvalue weighted by atomic mass is 31.2. The number of phosphoric acid groups is 1. The maximum absolute atomic E-state index is 12.8. The van der Waals surface area contributed by atoms with Crippen molar-refractivity contribution in [1.29, 1.82) is 0 Å².